The molecule has 3 rings (SSSR count). The molecule has 9 heteroatoms. The van der Waals surface area contributed by atoms with Gasteiger partial charge in [-0.15, -0.1) is 0 Å². The Balaban J connectivity index is 1.76. The topological polar surface area (TPSA) is 62.6 Å². The largest absolute Gasteiger partial charge is 0.346 e. The van der Waals surface area contributed by atoms with E-state index in [2.05, 4.69) is 4.57 Å². The minimum Gasteiger partial charge on any atom is -0.346 e. The van der Waals surface area contributed by atoms with Gasteiger partial charge in [0, 0.05) is 43.6 Å². The summed E-state index contributed by atoms with van der Waals surface area (Å²) in [7, 11) is -4.17. The molecule has 2 aromatic rings. The average molecular weight is 426 g/mol. The number of rotatable bonds is 4. The van der Waals surface area contributed by atoms with E-state index in [1.165, 1.54) is 0 Å². The highest BCUT2D eigenvalue weighted by Crippen LogP contribution is 2.24. The molecule has 0 radical (unpaired) electrons. The molecule has 0 N–H and O–H groups in total. The van der Waals surface area contributed by atoms with E-state index in [4.69, 9.17) is 0 Å². The summed E-state index contributed by atoms with van der Waals surface area (Å²) >= 11 is 0. The number of aryl methyl sites for hydroxylation is 1. The predicted molar refractivity (Wildman–Crippen MR) is 105 cm³/mol. The lowest BCUT2D eigenvalue weighted by molar-refractivity contribution is 0.0697. The fourth-order valence-electron chi connectivity index (χ4n) is 3.90. The molecule has 0 aliphatic carbocycles. The van der Waals surface area contributed by atoms with E-state index in [9.17, 15) is 22.0 Å². The SMILES string of the molecule is Cc1cc(C(=O)N2CCN(S(=O)(=O)c3cc(F)ccc3F)CC2)c(C)n1C(C)C. The lowest BCUT2D eigenvalue weighted by atomic mass is 10.2. The van der Waals surface area contributed by atoms with Crippen LogP contribution in [-0.2, 0) is 10.0 Å². The van der Waals surface area contributed by atoms with Gasteiger partial charge >= 0.3 is 0 Å². The van der Waals surface area contributed by atoms with E-state index in [-0.39, 0.29) is 38.1 Å². The summed E-state index contributed by atoms with van der Waals surface area (Å²) in [4.78, 5) is 13.9. The smallest absolute Gasteiger partial charge is 0.255 e. The van der Waals surface area contributed by atoms with Crippen molar-refractivity contribution >= 4 is 15.9 Å². The summed E-state index contributed by atoms with van der Waals surface area (Å²) in [5.74, 6) is -1.97. The van der Waals surface area contributed by atoms with Crippen LogP contribution in [0.3, 0.4) is 0 Å². The highest BCUT2D eigenvalue weighted by molar-refractivity contribution is 7.89. The van der Waals surface area contributed by atoms with Gasteiger partial charge in [-0.1, -0.05) is 0 Å². The van der Waals surface area contributed by atoms with Crippen molar-refractivity contribution in [3.63, 3.8) is 0 Å². The molecule has 29 heavy (non-hydrogen) atoms. The lowest BCUT2D eigenvalue weighted by Crippen LogP contribution is -2.50. The van der Waals surface area contributed by atoms with Gasteiger partial charge < -0.3 is 9.47 Å². The molecule has 0 saturated carbocycles. The number of sulfonamides is 1. The number of nitrogens with zero attached hydrogens (tertiary/aromatic N) is 3. The molecule has 1 aliphatic heterocycles. The Morgan fingerprint density at radius 1 is 1.03 bits per heavy atom. The number of carbonyl (C=O) groups excluding carboxylic acids is 1. The van der Waals surface area contributed by atoms with Crippen LogP contribution in [0.15, 0.2) is 29.2 Å². The molecular weight excluding hydrogens is 400 g/mol. The first-order valence-electron chi connectivity index (χ1n) is 9.47. The molecule has 1 aromatic heterocycles. The molecule has 0 spiro atoms. The third kappa shape index (κ3) is 3.93. The Kier molecular flexibility index (Phi) is 5.82. The van der Waals surface area contributed by atoms with Crippen molar-refractivity contribution in [3.05, 3.63) is 52.9 Å². The highest BCUT2D eigenvalue weighted by atomic mass is 32.2. The molecule has 1 saturated heterocycles. The van der Waals surface area contributed by atoms with Gasteiger partial charge in [0.2, 0.25) is 10.0 Å². The molecule has 6 nitrogen and oxygen atoms in total. The average Bonchev–Trinajstić information content (AvgIpc) is 2.97. The van der Waals surface area contributed by atoms with Crippen LogP contribution in [0.25, 0.3) is 0 Å². The van der Waals surface area contributed by atoms with Crippen LogP contribution in [0.5, 0.6) is 0 Å². The molecule has 1 aromatic carbocycles. The van der Waals surface area contributed by atoms with Gasteiger partial charge in [0.05, 0.1) is 5.56 Å². The minimum atomic E-state index is -4.17. The van der Waals surface area contributed by atoms with E-state index < -0.39 is 26.6 Å². The van der Waals surface area contributed by atoms with Crippen molar-refractivity contribution in [2.24, 2.45) is 0 Å². The number of benzene rings is 1. The van der Waals surface area contributed by atoms with Crippen molar-refractivity contribution in [1.82, 2.24) is 13.8 Å². The molecule has 1 amide bonds. The summed E-state index contributed by atoms with van der Waals surface area (Å²) in [6.07, 6.45) is 0. The van der Waals surface area contributed by atoms with Gasteiger partial charge in [0.25, 0.3) is 5.91 Å². The number of carbonyl (C=O) groups is 1. The summed E-state index contributed by atoms with van der Waals surface area (Å²) in [5.41, 5.74) is 2.46. The third-order valence-corrected chi connectivity index (χ3v) is 7.18. The minimum absolute atomic E-state index is 0.0208. The Labute approximate surface area is 169 Å². The molecule has 2 heterocycles. The zero-order valence-electron chi connectivity index (χ0n) is 16.9. The van der Waals surface area contributed by atoms with Crippen molar-refractivity contribution in [3.8, 4) is 0 Å². The maximum Gasteiger partial charge on any atom is 0.255 e. The van der Waals surface area contributed by atoms with Gasteiger partial charge in [-0.05, 0) is 52.0 Å². The van der Waals surface area contributed by atoms with E-state index >= 15 is 0 Å². The van der Waals surface area contributed by atoms with E-state index in [0.717, 1.165) is 27.8 Å². The van der Waals surface area contributed by atoms with Crippen molar-refractivity contribution in [1.29, 1.82) is 0 Å². The van der Waals surface area contributed by atoms with Crippen LogP contribution in [0.1, 0.15) is 41.6 Å². The maximum atomic E-state index is 14.0. The first-order chi connectivity index (χ1) is 13.5. The predicted octanol–water partition coefficient (Wildman–Crippen LogP) is 3.11. The van der Waals surface area contributed by atoms with Crippen LogP contribution in [0, 0.1) is 25.5 Å². The Hall–Kier alpha value is -2.26. The molecule has 0 bridgehead atoms. The van der Waals surface area contributed by atoms with Gasteiger partial charge in [-0.2, -0.15) is 4.31 Å². The van der Waals surface area contributed by atoms with Crippen LogP contribution in [0.2, 0.25) is 0 Å². The standard InChI is InChI=1S/C20H25F2N3O3S/c1-13(2)25-14(3)11-17(15(25)4)20(26)23-7-9-24(10-8-23)29(27,28)19-12-16(21)5-6-18(19)22/h5-6,11-13H,7-10H2,1-4H3. The van der Waals surface area contributed by atoms with Crippen molar-refractivity contribution in [2.75, 3.05) is 26.2 Å². The zero-order chi connectivity index (χ0) is 21.5. The molecule has 0 unspecified atom stereocenters. The second kappa shape index (κ2) is 7.87. The van der Waals surface area contributed by atoms with Crippen molar-refractivity contribution in [2.45, 2.75) is 38.6 Å². The maximum absolute atomic E-state index is 14.0. The molecular formula is C20H25F2N3O3S. The number of halogens is 2. The molecule has 1 fully saturated rings. The monoisotopic (exact) mass is 425 g/mol. The van der Waals surface area contributed by atoms with Crippen LogP contribution in [0.4, 0.5) is 8.78 Å². The first-order valence-corrected chi connectivity index (χ1v) is 10.9. The highest BCUT2D eigenvalue weighted by Gasteiger charge is 2.33. The van der Waals surface area contributed by atoms with E-state index in [0.29, 0.717) is 11.6 Å². The number of hydrogen-bond acceptors (Lipinski definition) is 3. The summed E-state index contributed by atoms with van der Waals surface area (Å²) in [5, 5.41) is 0. The van der Waals surface area contributed by atoms with Crippen molar-refractivity contribution < 1.29 is 22.0 Å². The third-order valence-electron chi connectivity index (χ3n) is 5.27. The van der Waals surface area contributed by atoms with Crippen LogP contribution >= 0.6 is 0 Å². The fourth-order valence-corrected chi connectivity index (χ4v) is 5.40. The molecule has 1 aliphatic rings. The van der Waals surface area contributed by atoms with E-state index in [1.54, 1.807) is 4.90 Å². The summed E-state index contributed by atoms with van der Waals surface area (Å²) in [6.45, 7) is 8.34. The molecule has 0 atom stereocenters. The fraction of sp³-hybridized carbons (Fsp3) is 0.450. The van der Waals surface area contributed by atoms with Gasteiger partial charge in [-0.3, -0.25) is 4.79 Å². The van der Waals surface area contributed by atoms with E-state index in [1.807, 2.05) is 33.8 Å². The summed E-state index contributed by atoms with van der Waals surface area (Å²) < 4.78 is 55.9. The van der Waals surface area contributed by atoms with Crippen LogP contribution in [-0.4, -0.2) is 54.3 Å². The normalized spacial score (nSPS) is 15.9. The Morgan fingerprint density at radius 3 is 2.21 bits per heavy atom. The second-order valence-electron chi connectivity index (χ2n) is 7.52. The first kappa shape index (κ1) is 21.4. The number of piperazine rings is 1. The summed E-state index contributed by atoms with van der Waals surface area (Å²) in [6, 6.07) is 4.43. The number of aromatic nitrogens is 1. The quantitative estimate of drug-likeness (QED) is 0.756. The molecule has 158 valence electrons. The number of hydrogen-bond donors (Lipinski definition) is 0. The zero-order valence-corrected chi connectivity index (χ0v) is 17.8. The number of amides is 1. The Morgan fingerprint density at radius 2 is 1.66 bits per heavy atom. The van der Waals surface area contributed by atoms with Crippen LogP contribution < -0.4 is 0 Å². The van der Waals surface area contributed by atoms with Gasteiger partial charge in [0.15, 0.2) is 0 Å². The Bertz CT molecular complexity index is 1040. The lowest BCUT2D eigenvalue weighted by Gasteiger charge is -2.34. The second-order valence-corrected chi connectivity index (χ2v) is 9.43. The van der Waals surface area contributed by atoms with Gasteiger partial charge in [0.1, 0.15) is 16.5 Å². The van der Waals surface area contributed by atoms with Gasteiger partial charge in [-0.25, -0.2) is 17.2 Å².